The number of carbonyl (C=O) groups excluding carboxylic acids is 2. The van der Waals surface area contributed by atoms with Crippen molar-refractivity contribution >= 4 is 29.1 Å². The van der Waals surface area contributed by atoms with E-state index in [1.54, 1.807) is 12.1 Å². The molecular formula is C15H14ClNO2. The Morgan fingerprint density at radius 2 is 1.63 bits per heavy atom. The van der Waals surface area contributed by atoms with Crippen LogP contribution in [0.5, 0.6) is 0 Å². The second kappa shape index (κ2) is 4.49. The van der Waals surface area contributed by atoms with Gasteiger partial charge < -0.3 is 0 Å². The molecule has 0 saturated heterocycles. The second-order valence-electron chi connectivity index (χ2n) is 5.04. The molecule has 2 aliphatic rings. The molecule has 98 valence electrons. The van der Waals surface area contributed by atoms with Gasteiger partial charge in [0.25, 0.3) is 11.8 Å². The Labute approximate surface area is 116 Å². The van der Waals surface area contributed by atoms with E-state index in [4.69, 9.17) is 11.6 Å². The first-order chi connectivity index (χ1) is 9.09. The zero-order valence-electron chi connectivity index (χ0n) is 10.7. The molecule has 0 N–H and O–H groups in total. The van der Waals surface area contributed by atoms with Crippen molar-refractivity contribution in [1.82, 2.24) is 0 Å². The molecule has 0 saturated carbocycles. The maximum atomic E-state index is 12.4. The molecule has 3 rings (SSSR count). The lowest BCUT2D eigenvalue weighted by Gasteiger charge is -2.15. The molecule has 1 aromatic rings. The van der Waals surface area contributed by atoms with Crippen molar-refractivity contribution in [2.75, 3.05) is 4.90 Å². The molecule has 2 amide bonds. The summed E-state index contributed by atoms with van der Waals surface area (Å²) >= 11 is 6.08. The van der Waals surface area contributed by atoms with Gasteiger partial charge in [-0.05, 0) is 50.3 Å². The predicted molar refractivity (Wildman–Crippen MR) is 74.2 cm³/mol. The van der Waals surface area contributed by atoms with Crippen molar-refractivity contribution in [2.24, 2.45) is 0 Å². The fraction of sp³-hybridized carbons (Fsp3) is 0.333. The number of nitrogens with zero attached hydrogens (tertiary/aromatic N) is 1. The summed E-state index contributed by atoms with van der Waals surface area (Å²) in [7, 11) is 0. The van der Waals surface area contributed by atoms with Crippen LogP contribution in [0.1, 0.15) is 31.2 Å². The molecule has 3 nitrogen and oxygen atoms in total. The summed E-state index contributed by atoms with van der Waals surface area (Å²) in [4.78, 5) is 26.0. The minimum Gasteiger partial charge on any atom is -0.269 e. The van der Waals surface area contributed by atoms with Crippen LogP contribution in [0, 0.1) is 6.92 Å². The molecule has 4 heteroatoms. The Morgan fingerprint density at radius 3 is 2.16 bits per heavy atom. The van der Waals surface area contributed by atoms with Gasteiger partial charge in [0, 0.05) is 16.2 Å². The van der Waals surface area contributed by atoms with E-state index in [0.29, 0.717) is 21.9 Å². The predicted octanol–water partition coefficient (Wildman–Crippen LogP) is 3.39. The average Bonchev–Trinajstić information content (AvgIpc) is 2.66. The number of imide groups is 1. The topological polar surface area (TPSA) is 37.4 Å². The maximum Gasteiger partial charge on any atom is 0.261 e. The average molecular weight is 276 g/mol. The fourth-order valence-electron chi connectivity index (χ4n) is 2.69. The van der Waals surface area contributed by atoms with Crippen LogP contribution in [0.4, 0.5) is 5.69 Å². The number of halogens is 1. The zero-order valence-corrected chi connectivity index (χ0v) is 11.5. The van der Waals surface area contributed by atoms with Crippen LogP contribution in [0.15, 0.2) is 29.3 Å². The van der Waals surface area contributed by atoms with E-state index in [9.17, 15) is 9.59 Å². The molecule has 1 heterocycles. The number of hydrogen-bond donors (Lipinski definition) is 0. The van der Waals surface area contributed by atoms with Crippen LogP contribution in [0.25, 0.3) is 0 Å². The van der Waals surface area contributed by atoms with Crippen molar-refractivity contribution < 1.29 is 9.59 Å². The van der Waals surface area contributed by atoms with Gasteiger partial charge in [-0.3, -0.25) is 9.59 Å². The third-order valence-electron chi connectivity index (χ3n) is 3.80. The molecule has 0 radical (unpaired) electrons. The van der Waals surface area contributed by atoms with Gasteiger partial charge in [0.05, 0.1) is 5.69 Å². The number of hydrogen-bond acceptors (Lipinski definition) is 2. The summed E-state index contributed by atoms with van der Waals surface area (Å²) in [6.45, 7) is 1.89. The number of anilines is 1. The van der Waals surface area contributed by atoms with E-state index in [-0.39, 0.29) is 11.8 Å². The smallest absolute Gasteiger partial charge is 0.261 e. The Hall–Kier alpha value is -1.61. The van der Waals surface area contributed by atoms with Gasteiger partial charge in [0.1, 0.15) is 0 Å². The lowest BCUT2D eigenvalue weighted by molar-refractivity contribution is -0.120. The third-order valence-corrected chi connectivity index (χ3v) is 4.21. The number of carbonyl (C=O) groups is 2. The van der Waals surface area contributed by atoms with E-state index in [1.807, 2.05) is 13.0 Å². The second-order valence-corrected chi connectivity index (χ2v) is 5.45. The first-order valence-electron chi connectivity index (χ1n) is 6.46. The van der Waals surface area contributed by atoms with E-state index >= 15 is 0 Å². The SMILES string of the molecule is Cc1ccc(N2C(=O)C3=C(CCCC3)C2=O)cc1Cl. The van der Waals surface area contributed by atoms with Crippen LogP contribution in [0.3, 0.4) is 0 Å². The normalized spacial score (nSPS) is 19.2. The van der Waals surface area contributed by atoms with Crippen molar-refractivity contribution in [1.29, 1.82) is 0 Å². The lowest BCUT2D eigenvalue weighted by Crippen LogP contribution is -2.31. The highest BCUT2D eigenvalue weighted by atomic mass is 35.5. The molecule has 0 atom stereocenters. The van der Waals surface area contributed by atoms with Crippen LogP contribution in [-0.2, 0) is 9.59 Å². The van der Waals surface area contributed by atoms with Crippen LogP contribution < -0.4 is 4.90 Å². The summed E-state index contributed by atoms with van der Waals surface area (Å²) in [6.07, 6.45) is 3.41. The van der Waals surface area contributed by atoms with Gasteiger partial charge >= 0.3 is 0 Å². The monoisotopic (exact) mass is 275 g/mol. The van der Waals surface area contributed by atoms with Crippen molar-refractivity contribution in [3.63, 3.8) is 0 Å². The van der Waals surface area contributed by atoms with Gasteiger partial charge in [-0.1, -0.05) is 17.7 Å². The Bertz CT molecular complexity index is 591. The van der Waals surface area contributed by atoms with Crippen LogP contribution in [0.2, 0.25) is 5.02 Å². The van der Waals surface area contributed by atoms with E-state index in [0.717, 1.165) is 31.2 Å². The third kappa shape index (κ3) is 1.89. The van der Waals surface area contributed by atoms with E-state index in [2.05, 4.69) is 0 Å². The summed E-state index contributed by atoms with van der Waals surface area (Å²) in [5.41, 5.74) is 2.91. The standard InChI is InChI=1S/C15H14ClNO2/c1-9-6-7-10(8-13(9)16)17-14(18)11-4-2-3-5-12(11)15(17)19/h6-8H,2-5H2,1H3. The molecule has 0 bridgehead atoms. The van der Waals surface area contributed by atoms with Crippen LogP contribution in [-0.4, -0.2) is 11.8 Å². The zero-order chi connectivity index (χ0) is 13.6. The van der Waals surface area contributed by atoms with Gasteiger partial charge in [-0.15, -0.1) is 0 Å². The fourth-order valence-corrected chi connectivity index (χ4v) is 2.87. The molecule has 1 aliphatic heterocycles. The lowest BCUT2D eigenvalue weighted by atomic mass is 9.93. The molecule has 19 heavy (non-hydrogen) atoms. The van der Waals surface area contributed by atoms with Gasteiger partial charge in [0.2, 0.25) is 0 Å². The Balaban J connectivity index is 2.01. The molecule has 0 aromatic heterocycles. The number of benzene rings is 1. The van der Waals surface area contributed by atoms with Gasteiger partial charge in [0.15, 0.2) is 0 Å². The largest absolute Gasteiger partial charge is 0.269 e. The van der Waals surface area contributed by atoms with Gasteiger partial charge in [-0.2, -0.15) is 0 Å². The highest BCUT2D eigenvalue weighted by Crippen LogP contribution is 2.36. The first kappa shape index (κ1) is 12.4. The highest BCUT2D eigenvalue weighted by molar-refractivity contribution is 6.34. The summed E-state index contributed by atoms with van der Waals surface area (Å²) in [5.74, 6) is -0.334. The first-order valence-corrected chi connectivity index (χ1v) is 6.84. The molecule has 0 spiro atoms. The Kier molecular flexibility index (Phi) is 2.94. The minimum absolute atomic E-state index is 0.167. The van der Waals surface area contributed by atoms with Crippen molar-refractivity contribution in [2.45, 2.75) is 32.6 Å². The summed E-state index contributed by atoms with van der Waals surface area (Å²) in [6, 6.07) is 5.29. The number of aryl methyl sites for hydroxylation is 1. The number of rotatable bonds is 1. The maximum absolute atomic E-state index is 12.4. The quantitative estimate of drug-likeness (QED) is 0.737. The summed E-state index contributed by atoms with van der Waals surface area (Å²) in [5, 5.41) is 0.572. The van der Waals surface area contributed by atoms with Gasteiger partial charge in [-0.25, -0.2) is 4.90 Å². The molecule has 0 fully saturated rings. The Morgan fingerprint density at radius 1 is 1.05 bits per heavy atom. The van der Waals surface area contributed by atoms with E-state index < -0.39 is 0 Å². The van der Waals surface area contributed by atoms with Crippen molar-refractivity contribution in [3.8, 4) is 0 Å². The molecule has 0 unspecified atom stereocenters. The summed E-state index contributed by atoms with van der Waals surface area (Å²) < 4.78 is 0. The molecule has 1 aliphatic carbocycles. The van der Waals surface area contributed by atoms with Crippen LogP contribution >= 0.6 is 11.6 Å². The molecular weight excluding hydrogens is 262 g/mol. The van der Waals surface area contributed by atoms with E-state index in [1.165, 1.54) is 4.90 Å². The van der Waals surface area contributed by atoms with Crippen molar-refractivity contribution in [3.05, 3.63) is 39.9 Å². The minimum atomic E-state index is -0.167. The molecule has 1 aromatic carbocycles. The highest BCUT2D eigenvalue weighted by Gasteiger charge is 2.39. The number of amides is 2.